The van der Waals surface area contributed by atoms with Crippen LogP contribution in [0.4, 0.5) is 0 Å². The molecule has 0 atom stereocenters. The largest absolute Gasteiger partial charge is 0.336 e. The summed E-state index contributed by atoms with van der Waals surface area (Å²) in [6.45, 7) is 5.60. The molecule has 0 fully saturated rings. The number of rotatable bonds is 4. The van der Waals surface area contributed by atoms with Gasteiger partial charge in [0.2, 0.25) is 5.91 Å². The van der Waals surface area contributed by atoms with Crippen LogP contribution in [0, 0.1) is 0 Å². The molecule has 1 aliphatic rings. The summed E-state index contributed by atoms with van der Waals surface area (Å²) >= 11 is 9.63. The molecule has 0 unspecified atom stereocenters. The molecule has 5 heteroatoms. The Morgan fingerprint density at radius 2 is 2.13 bits per heavy atom. The summed E-state index contributed by atoms with van der Waals surface area (Å²) in [5, 5.41) is 2.89. The van der Waals surface area contributed by atoms with Crippen molar-refractivity contribution < 1.29 is 4.79 Å². The highest BCUT2D eigenvalue weighted by molar-refractivity contribution is 8.00. The number of carbonyl (C=O) groups excluding carboxylic acids is 1. The van der Waals surface area contributed by atoms with E-state index in [0.29, 0.717) is 0 Å². The van der Waals surface area contributed by atoms with E-state index in [9.17, 15) is 4.79 Å². The molecule has 1 aromatic carbocycles. The molecule has 0 saturated heterocycles. The van der Waals surface area contributed by atoms with Crippen LogP contribution in [-0.2, 0) is 23.5 Å². The van der Waals surface area contributed by atoms with Gasteiger partial charge >= 0.3 is 0 Å². The minimum absolute atomic E-state index is 0.216. The SMILES string of the molecule is CC(C)(SCc1ccccc1Cl)C(=O)N1CCc2ccsc2C1. The van der Waals surface area contributed by atoms with E-state index in [-0.39, 0.29) is 5.91 Å². The van der Waals surface area contributed by atoms with Gasteiger partial charge in [0, 0.05) is 22.2 Å². The third-order valence-corrected chi connectivity index (χ3v) is 6.84. The van der Waals surface area contributed by atoms with Gasteiger partial charge in [0.05, 0.1) is 11.3 Å². The number of fused-ring (bicyclic) bond motifs is 1. The Morgan fingerprint density at radius 3 is 2.91 bits per heavy atom. The van der Waals surface area contributed by atoms with Crippen molar-refractivity contribution in [2.75, 3.05) is 6.54 Å². The van der Waals surface area contributed by atoms with Gasteiger partial charge in [-0.25, -0.2) is 0 Å². The Hall–Kier alpha value is -0.970. The summed E-state index contributed by atoms with van der Waals surface area (Å²) in [6, 6.07) is 10.0. The van der Waals surface area contributed by atoms with Crippen molar-refractivity contribution in [3.8, 4) is 0 Å². The maximum atomic E-state index is 12.9. The number of hydrogen-bond donors (Lipinski definition) is 0. The second-order valence-electron chi connectivity index (χ2n) is 6.24. The van der Waals surface area contributed by atoms with Crippen LogP contribution in [0.3, 0.4) is 0 Å². The lowest BCUT2D eigenvalue weighted by atomic mass is 10.1. The van der Waals surface area contributed by atoms with Crippen LogP contribution in [0.25, 0.3) is 0 Å². The molecule has 2 aromatic rings. The number of carbonyl (C=O) groups is 1. The van der Waals surface area contributed by atoms with Crippen molar-refractivity contribution in [1.29, 1.82) is 0 Å². The molecule has 2 nitrogen and oxygen atoms in total. The van der Waals surface area contributed by atoms with Crippen LogP contribution in [0.5, 0.6) is 0 Å². The first-order valence-electron chi connectivity index (χ1n) is 7.69. The summed E-state index contributed by atoms with van der Waals surface area (Å²) in [7, 11) is 0. The molecule has 23 heavy (non-hydrogen) atoms. The highest BCUT2D eigenvalue weighted by Gasteiger charge is 2.34. The van der Waals surface area contributed by atoms with Crippen molar-refractivity contribution in [2.24, 2.45) is 0 Å². The van der Waals surface area contributed by atoms with E-state index in [1.165, 1.54) is 10.4 Å². The fourth-order valence-corrected chi connectivity index (χ4v) is 4.98. The quantitative estimate of drug-likeness (QED) is 0.760. The highest BCUT2D eigenvalue weighted by Crippen LogP contribution is 2.34. The minimum Gasteiger partial charge on any atom is -0.336 e. The molecule has 0 saturated carbocycles. The van der Waals surface area contributed by atoms with Gasteiger partial charge in [-0.15, -0.1) is 23.1 Å². The molecule has 122 valence electrons. The molecule has 0 spiro atoms. The van der Waals surface area contributed by atoms with Gasteiger partial charge < -0.3 is 4.90 Å². The zero-order valence-electron chi connectivity index (χ0n) is 13.3. The Kier molecular flexibility index (Phi) is 5.04. The van der Waals surface area contributed by atoms with Crippen molar-refractivity contribution in [3.05, 3.63) is 56.7 Å². The maximum Gasteiger partial charge on any atom is 0.238 e. The van der Waals surface area contributed by atoms with Gasteiger partial charge in [-0.2, -0.15) is 0 Å². The predicted octanol–water partition coefficient (Wildman–Crippen LogP) is 5.00. The molecule has 1 aliphatic heterocycles. The van der Waals surface area contributed by atoms with E-state index in [1.54, 1.807) is 23.1 Å². The summed E-state index contributed by atoms with van der Waals surface area (Å²) in [5.74, 6) is 0.963. The lowest BCUT2D eigenvalue weighted by Crippen LogP contribution is -2.45. The van der Waals surface area contributed by atoms with E-state index in [2.05, 4.69) is 11.4 Å². The number of halogens is 1. The van der Waals surface area contributed by atoms with Crippen LogP contribution in [-0.4, -0.2) is 22.1 Å². The Morgan fingerprint density at radius 1 is 1.35 bits per heavy atom. The van der Waals surface area contributed by atoms with Crippen LogP contribution in [0.1, 0.15) is 29.9 Å². The van der Waals surface area contributed by atoms with E-state index in [4.69, 9.17) is 11.6 Å². The molecule has 0 aliphatic carbocycles. The van der Waals surface area contributed by atoms with Gasteiger partial charge in [-0.3, -0.25) is 4.79 Å². The monoisotopic (exact) mass is 365 g/mol. The second kappa shape index (κ2) is 6.88. The van der Waals surface area contributed by atoms with Gasteiger partial charge in [-0.05, 0) is 48.9 Å². The Bertz CT molecular complexity index is 711. The first-order valence-corrected chi connectivity index (χ1v) is 9.94. The maximum absolute atomic E-state index is 12.9. The first kappa shape index (κ1) is 16.9. The zero-order chi connectivity index (χ0) is 16.4. The fourth-order valence-electron chi connectivity index (χ4n) is 2.73. The summed E-state index contributed by atoms with van der Waals surface area (Å²) in [6.07, 6.45) is 0.968. The molecule has 1 amide bonds. The van der Waals surface area contributed by atoms with Gasteiger partial charge in [0.1, 0.15) is 0 Å². The third kappa shape index (κ3) is 3.76. The van der Waals surface area contributed by atoms with E-state index >= 15 is 0 Å². The van der Waals surface area contributed by atoms with Crippen LogP contribution in [0.2, 0.25) is 5.02 Å². The first-order chi connectivity index (χ1) is 11.0. The van der Waals surface area contributed by atoms with Gasteiger partial charge in [0.25, 0.3) is 0 Å². The van der Waals surface area contributed by atoms with E-state index in [0.717, 1.165) is 35.8 Å². The van der Waals surface area contributed by atoms with Crippen LogP contribution < -0.4 is 0 Å². The average molecular weight is 366 g/mol. The van der Waals surface area contributed by atoms with Crippen molar-refractivity contribution in [3.63, 3.8) is 0 Å². The fraction of sp³-hybridized carbons (Fsp3) is 0.389. The van der Waals surface area contributed by atoms with Crippen molar-refractivity contribution in [1.82, 2.24) is 4.90 Å². The predicted molar refractivity (Wildman–Crippen MR) is 100 cm³/mol. The van der Waals surface area contributed by atoms with Crippen molar-refractivity contribution >= 4 is 40.6 Å². The second-order valence-corrected chi connectivity index (χ2v) is 9.24. The van der Waals surface area contributed by atoms with Gasteiger partial charge in [0.15, 0.2) is 0 Å². The number of hydrogen-bond acceptors (Lipinski definition) is 3. The molecular formula is C18H20ClNOS2. The van der Waals surface area contributed by atoms with Gasteiger partial charge in [-0.1, -0.05) is 29.8 Å². The van der Waals surface area contributed by atoms with E-state index in [1.807, 2.05) is 43.0 Å². The average Bonchev–Trinajstić information content (AvgIpc) is 3.01. The normalized spacial score (nSPS) is 14.7. The summed E-state index contributed by atoms with van der Waals surface area (Å²) < 4.78 is -0.450. The molecule has 1 aromatic heterocycles. The lowest BCUT2D eigenvalue weighted by molar-refractivity contribution is -0.133. The highest BCUT2D eigenvalue weighted by atomic mass is 35.5. The molecule has 2 heterocycles. The Balaban J connectivity index is 1.65. The Labute approximate surface area is 150 Å². The smallest absolute Gasteiger partial charge is 0.238 e. The standard InChI is InChI=1S/C18H20ClNOS2/c1-18(2,23-12-14-5-3-4-6-15(14)19)17(21)20-9-7-13-8-10-22-16(13)11-20/h3-6,8,10H,7,9,11-12H2,1-2H3. The number of thiophene rings is 1. The minimum atomic E-state index is -0.450. The zero-order valence-corrected chi connectivity index (χ0v) is 15.7. The topological polar surface area (TPSA) is 20.3 Å². The summed E-state index contributed by atoms with van der Waals surface area (Å²) in [5.41, 5.74) is 2.49. The number of amides is 1. The number of nitrogens with zero attached hydrogens (tertiary/aromatic N) is 1. The molecule has 0 radical (unpaired) electrons. The van der Waals surface area contributed by atoms with Crippen LogP contribution >= 0.6 is 34.7 Å². The molecule has 3 rings (SSSR count). The van der Waals surface area contributed by atoms with Crippen molar-refractivity contribution in [2.45, 2.75) is 37.3 Å². The van der Waals surface area contributed by atoms with Crippen LogP contribution in [0.15, 0.2) is 35.7 Å². The number of benzene rings is 1. The summed E-state index contributed by atoms with van der Waals surface area (Å²) in [4.78, 5) is 16.3. The van der Waals surface area contributed by atoms with E-state index < -0.39 is 4.75 Å². The molecule has 0 bridgehead atoms. The molecule has 0 N–H and O–H groups in total. The third-order valence-electron chi connectivity index (χ3n) is 4.17. The lowest BCUT2D eigenvalue weighted by Gasteiger charge is -2.34. The number of thioether (sulfide) groups is 1. The molecular weight excluding hydrogens is 346 g/mol.